The van der Waals surface area contributed by atoms with E-state index in [9.17, 15) is 4.79 Å². The van der Waals surface area contributed by atoms with Gasteiger partial charge in [0.2, 0.25) is 0 Å². The zero-order valence-electron chi connectivity index (χ0n) is 13.0. The summed E-state index contributed by atoms with van der Waals surface area (Å²) in [7, 11) is 0. The molecule has 1 heterocycles. The number of nitrogens with zero attached hydrogens (tertiary/aromatic N) is 1. The van der Waals surface area contributed by atoms with Crippen LogP contribution < -0.4 is 5.73 Å². The summed E-state index contributed by atoms with van der Waals surface area (Å²) in [6, 6.07) is 7.13. The Hall–Kier alpha value is -1.55. The SMILES string of the molecule is CC(C)CCOC1CCN(C(=O)c2ccc(N)cc2)CC1. The van der Waals surface area contributed by atoms with Crippen LogP contribution in [0.25, 0.3) is 0 Å². The van der Waals surface area contributed by atoms with Gasteiger partial charge in [-0.2, -0.15) is 0 Å². The number of carbonyl (C=O) groups excluding carboxylic acids is 1. The Morgan fingerprint density at radius 1 is 1.29 bits per heavy atom. The topological polar surface area (TPSA) is 55.6 Å². The van der Waals surface area contributed by atoms with Gasteiger partial charge >= 0.3 is 0 Å². The van der Waals surface area contributed by atoms with Crippen molar-refractivity contribution in [3.8, 4) is 0 Å². The number of anilines is 1. The highest BCUT2D eigenvalue weighted by Crippen LogP contribution is 2.17. The fraction of sp³-hybridized carbons (Fsp3) is 0.588. The van der Waals surface area contributed by atoms with Crippen molar-refractivity contribution in [3.63, 3.8) is 0 Å². The Morgan fingerprint density at radius 3 is 2.48 bits per heavy atom. The number of likely N-dealkylation sites (tertiary alicyclic amines) is 1. The molecule has 0 saturated carbocycles. The number of rotatable bonds is 5. The molecule has 1 aliphatic rings. The monoisotopic (exact) mass is 290 g/mol. The van der Waals surface area contributed by atoms with E-state index in [0.29, 0.717) is 23.3 Å². The quantitative estimate of drug-likeness (QED) is 0.848. The minimum atomic E-state index is 0.0932. The number of benzene rings is 1. The van der Waals surface area contributed by atoms with Crippen molar-refractivity contribution >= 4 is 11.6 Å². The Balaban J connectivity index is 1.78. The zero-order valence-corrected chi connectivity index (χ0v) is 13.0. The summed E-state index contributed by atoms with van der Waals surface area (Å²) in [5.74, 6) is 0.771. The lowest BCUT2D eigenvalue weighted by Crippen LogP contribution is -2.41. The molecule has 0 unspecified atom stereocenters. The number of ether oxygens (including phenoxy) is 1. The molecular weight excluding hydrogens is 264 g/mol. The van der Waals surface area contributed by atoms with Gasteiger partial charge in [-0.15, -0.1) is 0 Å². The molecule has 4 heteroatoms. The first-order valence-corrected chi connectivity index (χ1v) is 7.82. The van der Waals surface area contributed by atoms with Crippen LogP contribution in [0, 0.1) is 5.92 Å². The summed E-state index contributed by atoms with van der Waals surface area (Å²) in [6.07, 6.45) is 3.27. The third-order valence-electron chi connectivity index (χ3n) is 3.94. The largest absolute Gasteiger partial charge is 0.399 e. The Labute approximate surface area is 127 Å². The van der Waals surface area contributed by atoms with Gasteiger partial charge in [0.25, 0.3) is 5.91 Å². The van der Waals surface area contributed by atoms with Gasteiger partial charge in [0.1, 0.15) is 0 Å². The number of carbonyl (C=O) groups is 1. The third kappa shape index (κ3) is 4.74. The summed E-state index contributed by atoms with van der Waals surface area (Å²) in [4.78, 5) is 14.3. The molecule has 0 aromatic heterocycles. The highest BCUT2D eigenvalue weighted by molar-refractivity contribution is 5.94. The van der Waals surface area contributed by atoms with E-state index in [-0.39, 0.29) is 5.91 Å². The maximum atomic E-state index is 12.4. The zero-order chi connectivity index (χ0) is 15.2. The van der Waals surface area contributed by atoms with Crippen LogP contribution in [0.4, 0.5) is 5.69 Å². The van der Waals surface area contributed by atoms with Crippen LogP contribution in [0.15, 0.2) is 24.3 Å². The average molecular weight is 290 g/mol. The molecule has 1 fully saturated rings. The van der Waals surface area contributed by atoms with E-state index in [2.05, 4.69) is 13.8 Å². The molecule has 1 aromatic carbocycles. The number of piperidine rings is 1. The molecule has 1 saturated heterocycles. The third-order valence-corrected chi connectivity index (χ3v) is 3.94. The second kappa shape index (κ2) is 7.46. The predicted octanol–water partition coefficient (Wildman–Crippen LogP) is 2.94. The summed E-state index contributed by atoms with van der Waals surface area (Å²) in [5.41, 5.74) is 7.05. The minimum absolute atomic E-state index is 0.0932. The Kier molecular flexibility index (Phi) is 5.62. The number of amides is 1. The molecule has 21 heavy (non-hydrogen) atoms. The van der Waals surface area contributed by atoms with Crippen LogP contribution in [-0.4, -0.2) is 36.6 Å². The molecule has 1 aromatic rings. The molecule has 0 spiro atoms. The highest BCUT2D eigenvalue weighted by atomic mass is 16.5. The van der Waals surface area contributed by atoms with E-state index in [1.807, 2.05) is 4.90 Å². The standard InChI is InChI=1S/C17H26N2O2/c1-13(2)9-12-21-16-7-10-19(11-8-16)17(20)14-3-5-15(18)6-4-14/h3-6,13,16H,7-12,18H2,1-2H3. The van der Waals surface area contributed by atoms with E-state index in [1.54, 1.807) is 24.3 Å². The first-order valence-electron chi connectivity index (χ1n) is 7.82. The molecule has 4 nitrogen and oxygen atoms in total. The molecule has 0 atom stereocenters. The Bertz CT molecular complexity index is 448. The minimum Gasteiger partial charge on any atom is -0.399 e. The fourth-order valence-corrected chi connectivity index (χ4v) is 2.50. The number of hydrogen-bond donors (Lipinski definition) is 1. The molecule has 2 rings (SSSR count). The van der Waals surface area contributed by atoms with E-state index >= 15 is 0 Å². The maximum Gasteiger partial charge on any atom is 0.253 e. The summed E-state index contributed by atoms with van der Waals surface area (Å²) in [6.45, 7) is 6.79. The van der Waals surface area contributed by atoms with Crippen LogP contribution >= 0.6 is 0 Å². The van der Waals surface area contributed by atoms with Crippen molar-refractivity contribution in [3.05, 3.63) is 29.8 Å². The van der Waals surface area contributed by atoms with E-state index in [0.717, 1.165) is 39.0 Å². The fourth-order valence-electron chi connectivity index (χ4n) is 2.50. The van der Waals surface area contributed by atoms with Gasteiger partial charge in [-0.1, -0.05) is 13.8 Å². The van der Waals surface area contributed by atoms with Crippen LogP contribution in [0.2, 0.25) is 0 Å². The molecule has 0 bridgehead atoms. The number of nitrogens with two attached hydrogens (primary N) is 1. The van der Waals surface area contributed by atoms with Crippen molar-refractivity contribution in [2.24, 2.45) is 5.92 Å². The summed E-state index contributed by atoms with van der Waals surface area (Å²) >= 11 is 0. The molecule has 1 amide bonds. The van der Waals surface area contributed by atoms with Crippen molar-refractivity contribution in [2.45, 2.75) is 39.2 Å². The second-order valence-electron chi connectivity index (χ2n) is 6.17. The van der Waals surface area contributed by atoms with Crippen molar-refractivity contribution in [1.29, 1.82) is 0 Å². The van der Waals surface area contributed by atoms with E-state index in [1.165, 1.54) is 0 Å². The molecule has 1 aliphatic heterocycles. The highest BCUT2D eigenvalue weighted by Gasteiger charge is 2.23. The van der Waals surface area contributed by atoms with Crippen molar-refractivity contribution in [2.75, 3.05) is 25.4 Å². The maximum absolute atomic E-state index is 12.4. The molecule has 116 valence electrons. The van der Waals surface area contributed by atoms with E-state index in [4.69, 9.17) is 10.5 Å². The summed E-state index contributed by atoms with van der Waals surface area (Å²) in [5, 5.41) is 0. The molecule has 0 radical (unpaired) electrons. The van der Waals surface area contributed by atoms with Gasteiger partial charge in [-0.3, -0.25) is 4.79 Å². The molecule has 2 N–H and O–H groups in total. The van der Waals surface area contributed by atoms with Gasteiger partial charge in [-0.25, -0.2) is 0 Å². The lowest BCUT2D eigenvalue weighted by molar-refractivity contribution is 0.00484. The lowest BCUT2D eigenvalue weighted by atomic mass is 10.1. The van der Waals surface area contributed by atoms with Gasteiger partial charge in [0.05, 0.1) is 6.10 Å². The van der Waals surface area contributed by atoms with Gasteiger partial charge < -0.3 is 15.4 Å². The molecular formula is C17H26N2O2. The Morgan fingerprint density at radius 2 is 1.90 bits per heavy atom. The van der Waals surface area contributed by atoms with Crippen molar-refractivity contribution < 1.29 is 9.53 Å². The average Bonchev–Trinajstić information content (AvgIpc) is 2.48. The lowest BCUT2D eigenvalue weighted by Gasteiger charge is -2.32. The number of nitrogen functional groups attached to an aromatic ring is 1. The predicted molar refractivity (Wildman–Crippen MR) is 85.2 cm³/mol. The van der Waals surface area contributed by atoms with Crippen LogP contribution in [0.3, 0.4) is 0 Å². The van der Waals surface area contributed by atoms with E-state index < -0.39 is 0 Å². The smallest absolute Gasteiger partial charge is 0.253 e. The first kappa shape index (κ1) is 15.8. The second-order valence-corrected chi connectivity index (χ2v) is 6.17. The molecule has 0 aliphatic carbocycles. The van der Waals surface area contributed by atoms with Gasteiger partial charge in [-0.05, 0) is 49.4 Å². The van der Waals surface area contributed by atoms with Crippen LogP contribution in [0.1, 0.15) is 43.5 Å². The van der Waals surface area contributed by atoms with Crippen molar-refractivity contribution in [1.82, 2.24) is 4.90 Å². The summed E-state index contributed by atoms with van der Waals surface area (Å²) < 4.78 is 5.89. The van der Waals surface area contributed by atoms with Crippen LogP contribution in [-0.2, 0) is 4.74 Å². The van der Waals surface area contributed by atoms with Gasteiger partial charge in [0.15, 0.2) is 0 Å². The van der Waals surface area contributed by atoms with Gasteiger partial charge in [0, 0.05) is 30.9 Å². The first-order chi connectivity index (χ1) is 10.1. The normalized spacial score (nSPS) is 16.4. The van der Waals surface area contributed by atoms with Crippen LogP contribution in [0.5, 0.6) is 0 Å². The number of hydrogen-bond acceptors (Lipinski definition) is 3.